The SMILES string of the molecule is CCC(NCCNC(CC)C(=O)Nc1ccccn1)C(=O)Nc1ccccn1. The number of hydrogen-bond donors (Lipinski definition) is 4. The summed E-state index contributed by atoms with van der Waals surface area (Å²) in [5, 5.41) is 12.0. The number of rotatable bonds is 11. The first-order valence-corrected chi connectivity index (χ1v) is 9.54. The van der Waals surface area contributed by atoms with Crippen molar-refractivity contribution in [1.82, 2.24) is 20.6 Å². The molecule has 2 rings (SSSR count). The number of amides is 2. The summed E-state index contributed by atoms with van der Waals surface area (Å²) in [6, 6.07) is 10.1. The normalized spacial score (nSPS) is 12.8. The van der Waals surface area contributed by atoms with Crippen LogP contribution in [0.4, 0.5) is 11.6 Å². The van der Waals surface area contributed by atoms with Gasteiger partial charge in [-0.15, -0.1) is 0 Å². The highest BCUT2D eigenvalue weighted by Gasteiger charge is 2.18. The van der Waals surface area contributed by atoms with Gasteiger partial charge in [-0.1, -0.05) is 26.0 Å². The molecule has 2 heterocycles. The van der Waals surface area contributed by atoms with Gasteiger partial charge in [0.05, 0.1) is 12.1 Å². The molecule has 0 saturated carbocycles. The average Bonchev–Trinajstić information content (AvgIpc) is 2.72. The standard InChI is InChI=1S/C20H28N6O2/c1-3-15(19(27)25-17-9-5-7-11-23-17)21-13-14-22-16(4-2)20(28)26-18-10-6-8-12-24-18/h5-12,15-16,21-22H,3-4,13-14H2,1-2H3,(H,23,25,27)(H,24,26,28). The molecule has 2 amide bonds. The quantitative estimate of drug-likeness (QED) is 0.440. The van der Waals surface area contributed by atoms with Crippen molar-refractivity contribution in [1.29, 1.82) is 0 Å². The molecule has 0 aliphatic heterocycles. The van der Waals surface area contributed by atoms with E-state index in [1.54, 1.807) is 36.7 Å². The van der Waals surface area contributed by atoms with Crippen molar-refractivity contribution in [2.24, 2.45) is 0 Å². The molecule has 8 heteroatoms. The topological polar surface area (TPSA) is 108 Å². The molecule has 0 spiro atoms. The van der Waals surface area contributed by atoms with Crippen molar-refractivity contribution in [3.05, 3.63) is 48.8 Å². The third-order valence-corrected chi connectivity index (χ3v) is 4.19. The summed E-state index contributed by atoms with van der Waals surface area (Å²) in [5.74, 6) is 0.813. The zero-order valence-electron chi connectivity index (χ0n) is 16.3. The minimum atomic E-state index is -0.328. The Labute approximate surface area is 165 Å². The van der Waals surface area contributed by atoms with Crippen LogP contribution in [0.25, 0.3) is 0 Å². The van der Waals surface area contributed by atoms with Gasteiger partial charge < -0.3 is 21.3 Å². The van der Waals surface area contributed by atoms with Crippen LogP contribution in [-0.4, -0.2) is 47.0 Å². The summed E-state index contributed by atoms with van der Waals surface area (Å²) in [6.07, 6.45) is 4.57. The first-order chi connectivity index (χ1) is 13.6. The summed E-state index contributed by atoms with van der Waals surface area (Å²) < 4.78 is 0. The van der Waals surface area contributed by atoms with Gasteiger partial charge in [-0.25, -0.2) is 9.97 Å². The molecule has 0 aliphatic rings. The van der Waals surface area contributed by atoms with Crippen molar-refractivity contribution >= 4 is 23.5 Å². The van der Waals surface area contributed by atoms with Crippen LogP contribution >= 0.6 is 0 Å². The zero-order chi connectivity index (χ0) is 20.2. The van der Waals surface area contributed by atoms with Crippen LogP contribution in [0.3, 0.4) is 0 Å². The minimum absolute atomic E-state index is 0.124. The second-order valence-electron chi connectivity index (χ2n) is 6.24. The highest BCUT2D eigenvalue weighted by atomic mass is 16.2. The molecular weight excluding hydrogens is 356 g/mol. The molecule has 0 fully saturated rings. The molecule has 0 aliphatic carbocycles. The summed E-state index contributed by atoms with van der Waals surface area (Å²) >= 11 is 0. The Kier molecular flexibility index (Phi) is 9.03. The van der Waals surface area contributed by atoms with Gasteiger partial charge in [0, 0.05) is 25.5 Å². The smallest absolute Gasteiger partial charge is 0.242 e. The Bertz CT molecular complexity index is 662. The van der Waals surface area contributed by atoms with Crippen molar-refractivity contribution in [3.63, 3.8) is 0 Å². The molecule has 0 radical (unpaired) electrons. The lowest BCUT2D eigenvalue weighted by molar-refractivity contribution is -0.119. The fraction of sp³-hybridized carbons (Fsp3) is 0.400. The van der Waals surface area contributed by atoms with E-state index in [0.717, 1.165) is 0 Å². The second-order valence-corrected chi connectivity index (χ2v) is 6.24. The predicted octanol–water partition coefficient (Wildman–Crippen LogP) is 1.79. The Morgan fingerprint density at radius 1 is 0.786 bits per heavy atom. The van der Waals surface area contributed by atoms with Crippen LogP contribution in [0.15, 0.2) is 48.8 Å². The Hall–Kier alpha value is -2.84. The first kappa shape index (κ1) is 21.5. The summed E-state index contributed by atoms with van der Waals surface area (Å²) in [7, 11) is 0. The van der Waals surface area contributed by atoms with E-state index in [4.69, 9.17) is 0 Å². The molecule has 2 aromatic rings. The van der Waals surface area contributed by atoms with Crippen LogP contribution in [0.1, 0.15) is 26.7 Å². The van der Waals surface area contributed by atoms with Gasteiger partial charge in [-0.05, 0) is 37.1 Å². The fourth-order valence-electron chi connectivity index (χ4n) is 2.64. The molecule has 2 atom stereocenters. The van der Waals surface area contributed by atoms with E-state index in [-0.39, 0.29) is 23.9 Å². The molecule has 150 valence electrons. The lowest BCUT2D eigenvalue weighted by Crippen LogP contribution is -2.46. The molecule has 8 nitrogen and oxygen atoms in total. The summed E-state index contributed by atoms with van der Waals surface area (Å²) in [5.41, 5.74) is 0. The van der Waals surface area contributed by atoms with E-state index >= 15 is 0 Å². The maximum Gasteiger partial charge on any atom is 0.242 e. The van der Waals surface area contributed by atoms with E-state index in [1.165, 1.54) is 0 Å². The monoisotopic (exact) mass is 384 g/mol. The van der Waals surface area contributed by atoms with Crippen molar-refractivity contribution in [3.8, 4) is 0 Å². The van der Waals surface area contributed by atoms with Gasteiger partial charge in [-0.3, -0.25) is 9.59 Å². The molecule has 0 aromatic carbocycles. The number of aromatic nitrogens is 2. The largest absolute Gasteiger partial charge is 0.309 e. The van der Waals surface area contributed by atoms with Gasteiger partial charge in [0.25, 0.3) is 0 Å². The van der Waals surface area contributed by atoms with Crippen LogP contribution in [0.2, 0.25) is 0 Å². The van der Waals surface area contributed by atoms with E-state index < -0.39 is 0 Å². The predicted molar refractivity (Wildman–Crippen MR) is 110 cm³/mol. The van der Waals surface area contributed by atoms with Gasteiger partial charge in [0.15, 0.2) is 0 Å². The first-order valence-electron chi connectivity index (χ1n) is 9.54. The van der Waals surface area contributed by atoms with Crippen LogP contribution in [0.5, 0.6) is 0 Å². The third-order valence-electron chi connectivity index (χ3n) is 4.19. The van der Waals surface area contributed by atoms with Gasteiger partial charge in [0.2, 0.25) is 11.8 Å². The van der Waals surface area contributed by atoms with Crippen LogP contribution in [0, 0.1) is 0 Å². The number of pyridine rings is 2. The highest BCUT2D eigenvalue weighted by molar-refractivity contribution is 5.94. The van der Waals surface area contributed by atoms with E-state index in [9.17, 15) is 9.59 Å². The average molecular weight is 384 g/mol. The number of carbonyl (C=O) groups excluding carboxylic acids is 2. The molecule has 4 N–H and O–H groups in total. The van der Waals surface area contributed by atoms with Gasteiger partial charge in [-0.2, -0.15) is 0 Å². The lowest BCUT2D eigenvalue weighted by Gasteiger charge is -2.19. The molecular formula is C20H28N6O2. The van der Waals surface area contributed by atoms with Crippen molar-refractivity contribution in [2.75, 3.05) is 23.7 Å². The molecule has 2 aromatic heterocycles. The summed E-state index contributed by atoms with van der Waals surface area (Å²) in [6.45, 7) is 5.00. The number of hydrogen-bond acceptors (Lipinski definition) is 6. The van der Waals surface area contributed by atoms with Crippen LogP contribution in [-0.2, 0) is 9.59 Å². The van der Waals surface area contributed by atoms with Gasteiger partial charge >= 0.3 is 0 Å². The van der Waals surface area contributed by atoms with E-state index in [1.807, 2.05) is 26.0 Å². The number of anilines is 2. The van der Waals surface area contributed by atoms with E-state index in [0.29, 0.717) is 37.6 Å². The number of nitrogens with one attached hydrogen (secondary N) is 4. The Morgan fingerprint density at radius 2 is 1.21 bits per heavy atom. The zero-order valence-corrected chi connectivity index (χ0v) is 16.3. The maximum atomic E-state index is 12.3. The minimum Gasteiger partial charge on any atom is -0.309 e. The van der Waals surface area contributed by atoms with Crippen LogP contribution < -0.4 is 21.3 Å². The molecule has 0 saturated heterocycles. The summed E-state index contributed by atoms with van der Waals surface area (Å²) in [4.78, 5) is 32.9. The third kappa shape index (κ3) is 7.05. The molecule has 2 unspecified atom stereocenters. The Morgan fingerprint density at radius 3 is 1.54 bits per heavy atom. The van der Waals surface area contributed by atoms with E-state index in [2.05, 4.69) is 31.2 Å². The number of carbonyl (C=O) groups is 2. The lowest BCUT2D eigenvalue weighted by atomic mass is 10.2. The fourth-order valence-corrected chi connectivity index (χ4v) is 2.64. The number of nitrogens with zero attached hydrogens (tertiary/aromatic N) is 2. The van der Waals surface area contributed by atoms with Crippen molar-refractivity contribution in [2.45, 2.75) is 38.8 Å². The Balaban J connectivity index is 1.74. The highest BCUT2D eigenvalue weighted by Crippen LogP contribution is 2.04. The second kappa shape index (κ2) is 11.8. The van der Waals surface area contributed by atoms with Gasteiger partial charge in [0.1, 0.15) is 11.6 Å². The molecule has 28 heavy (non-hydrogen) atoms. The maximum absolute atomic E-state index is 12.3. The molecule has 0 bridgehead atoms. The van der Waals surface area contributed by atoms with Crippen molar-refractivity contribution < 1.29 is 9.59 Å².